The maximum absolute atomic E-state index is 13.2. The smallest absolute Gasteiger partial charge is 0.317 e. The molecular formula is C28H33Cl2N5O4. The van der Waals surface area contributed by atoms with Gasteiger partial charge < -0.3 is 25.2 Å². The first-order valence-corrected chi connectivity index (χ1v) is 14.0. The molecule has 2 amide bonds. The highest BCUT2D eigenvalue weighted by Gasteiger charge is 2.28. The Labute approximate surface area is 238 Å². The lowest BCUT2D eigenvalue weighted by atomic mass is 10.0. The van der Waals surface area contributed by atoms with Crippen LogP contribution in [0, 0.1) is 0 Å². The molecule has 1 saturated heterocycles. The molecule has 3 aromatic rings. The molecule has 1 aromatic heterocycles. The Kier molecular flexibility index (Phi) is 10.6. The molecule has 3 N–H and O–H groups in total. The van der Waals surface area contributed by atoms with Crippen molar-refractivity contribution in [3.63, 3.8) is 0 Å². The molecular weight excluding hydrogens is 541 g/mol. The van der Waals surface area contributed by atoms with E-state index in [4.69, 9.17) is 38.2 Å². The van der Waals surface area contributed by atoms with Crippen LogP contribution >= 0.6 is 23.2 Å². The highest BCUT2D eigenvalue weighted by molar-refractivity contribution is 6.42. The average Bonchev–Trinajstić information content (AvgIpc) is 3.64. The van der Waals surface area contributed by atoms with Crippen LogP contribution in [0.25, 0.3) is 0 Å². The summed E-state index contributed by atoms with van der Waals surface area (Å²) in [5.41, 5.74) is 7.58. The standard InChI is InChI=1S/C28H33Cl2N5O4/c29-22-11-8-20(17-23(22)30)12-16-38-21-9-6-19(7-10-21)18-25-33-27(34-39-25)26(36)24(5-1-2-13-31)32-28(37)35-14-3-4-15-35/h6-11,17,24H,1-5,12-16,18,31H2,(H,32,37). The summed E-state index contributed by atoms with van der Waals surface area (Å²) in [5, 5.41) is 7.81. The van der Waals surface area contributed by atoms with Crippen molar-refractivity contribution in [2.75, 3.05) is 26.2 Å². The third-order valence-corrected chi connectivity index (χ3v) is 7.30. The predicted octanol–water partition coefficient (Wildman–Crippen LogP) is 5.07. The summed E-state index contributed by atoms with van der Waals surface area (Å²) in [7, 11) is 0. The molecule has 11 heteroatoms. The van der Waals surface area contributed by atoms with Gasteiger partial charge in [-0.1, -0.05) is 46.6 Å². The number of urea groups is 1. The van der Waals surface area contributed by atoms with Gasteiger partial charge in [-0.25, -0.2) is 4.79 Å². The molecule has 1 aliphatic rings. The second-order valence-corrected chi connectivity index (χ2v) is 10.3. The minimum atomic E-state index is -0.726. The van der Waals surface area contributed by atoms with Crippen molar-refractivity contribution in [1.29, 1.82) is 0 Å². The number of Topliss-reactive ketones (excluding diaryl/α,β-unsaturated/α-hetero) is 1. The molecule has 208 valence electrons. The van der Waals surface area contributed by atoms with Crippen molar-refractivity contribution in [3.05, 3.63) is 75.4 Å². The van der Waals surface area contributed by atoms with Crippen molar-refractivity contribution in [2.24, 2.45) is 5.73 Å². The number of rotatable bonds is 13. The molecule has 0 saturated carbocycles. The maximum atomic E-state index is 13.2. The summed E-state index contributed by atoms with van der Waals surface area (Å²) in [5.74, 6) is 0.652. The quantitative estimate of drug-likeness (QED) is 0.216. The molecule has 0 spiro atoms. The van der Waals surface area contributed by atoms with Crippen molar-refractivity contribution in [2.45, 2.75) is 51.0 Å². The Morgan fingerprint density at radius 1 is 1.05 bits per heavy atom. The summed E-state index contributed by atoms with van der Waals surface area (Å²) in [6.07, 6.45) is 4.94. The first kappa shape index (κ1) is 28.9. The van der Waals surface area contributed by atoms with Gasteiger partial charge in [-0.05, 0) is 74.0 Å². The van der Waals surface area contributed by atoms with Crippen LogP contribution in [0.1, 0.15) is 59.7 Å². The Bertz CT molecular complexity index is 1250. The van der Waals surface area contributed by atoms with E-state index >= 15 is 0 Å². The molecule has 2 aromatic carbocycles. The van der Waals surface area contributed by atoms with Gasteiger partial charge in [0.2, 0.25) is 17.5 Å². The van der Waals surface area contributed by atoms with E-state index in [9.17, 15) is 9.59 Å². The minimum absolute atomic E-state index is 0.0354. The molecule has 39 heavy (non-hydrogen) atoms. The number of likely N-dealkylation sites (tertiary alicyclic amines) is 1. The van der Waals surface area contributed by atoms with Gasteiger partial charge in [-0.15, -0.1) is 0 Å². The van der Waals surface area contributed by atoms with E-state index in [1.54, 1.807) is 11.0 Å². The number of halogens is 2. The summed E-state index contributed by atoms with van der Waals surface area (Å²) in [4.78, 5) is 31.8. The van der Waals surface area contributed by atoms with Crippen LogP contribution in [0.15, 0.2) is 47.0 Å². The summed E-state index contributed by atoms with van der Waals surface area (Å²) in [6, 6.07) is 12.1. The highest BCUT2D eigenvalue weighted by Crippen LogP contribution is 2.23. The van der Waals surface area contributed by atoms with Gasteiger partial charge in [0.15, 0.2) is 0 Å². The van der Waals surface area contributed by atoms with Crippen LogP contribution in [0.4, 0.5) is 4.79 Å². The fourth-order valence-electron chi connectivity index (χ4n) is 4.36. The number of unbranched alkanes of at least 4 members (excludes halogenated alkanes) is 1. The number of hydrogen-bond acceptors (Lipinski definition) is 7. The lowest BCUT2D eigenvalue weighted by Crippen LogP contribution is -2.47. The molecule has 9 nitrogen and oxygen atoms in total. The molecule has 2 heterocycles. The zero-order valence-corrected chi connectivity index (χ0v) is 23.2. The van der Waals surface area contributed by atoms with E-state index in [0.717, 1.165) is 36.1 Å². The van der Waals surface area contributed by atoms with Gasteiger partial charge >= 0.3 is 6.03 Å². The van der Waals surface area contributed by atoms with E-state index in [-0.39, 0.29) is 17.6 Å². The van der Waals surface area contributed by atoms with Crippen LogP contribution < -0.4 is 15.8 Å². The first-order chi connectivity index (χ1) is 18.9. The maximum Gasteiger partial charge on any atom is 0.317 e. The zero-order chi connectivity index (χ0) is 27.6. The Morgan fingerprint density at radius 2 is 1.79 bits per heavy atom. The molecule has 1 aliphatic heterocycles. The van der Waals surface area contributed by atoms with Crippen LogP contribution in [-0.2, 0) is 12.8 Å². The van der Waals surface area contributed by atoms with E-state index in [1.165, 1.54) is 0 Å². The number of hydrogen-bond donors (Lipinski definition) is 2. The van der Waals surface area contributed by atoms with Gasteiger partial charge in [0, 0.05) is 19.5 Å². The van der Waals surface area contributed by atoms with Crippen molar-refractivity contribution in [1.82, 2.24) is 20.4 Å². The largest absolute Gasteiger partial charge is 0.493 e. The summed E-state index contributed by atoms with van der Waals surface area (Å²) in [6.45, 7) is 2.41. The Hall–Kier alpha value is -3.14. The number of ether oxygens (including phenoxy) is 1. The number of nitrogens with one attached hydrogen (secondary N) is 1. The van der Waals surface area contributed by atoms with Gasteiger partial charge in [0.25, 0.3) is 0 Å². The molecule has 0 bridgehead atoms. The SMILES string of the molecule is NCCCCC(NC(=O)N1CCCC1)C(=O)c1noc(Cc2ccc(OCCc3ccc(Cl)c(Cl)c3)cc2)n1. The normalized spacial score (nSPS) is 13.9. The summed E-state index contributed by atoms with van der Waals surface area (Å²) < 4.78 is 11.2. The fourth-order valence-corrected chi connectivity index (χ4v) is 4.69. The third kappa shape index (κ3) is 8.42. The number of nitrogens with zero attached hydrogens (tertiary/aromatic N) is 3. The number of nitrogens with two attached hydrogens (primary N) is 1. The average molecular weight is 575 g/mol. The lowest BCUT2D eigenvalue weighted by Gasteiger charge is -2.21. The molecule has 1 unspecified atom stereocenters. The van der Waals surface area contributed by atoms with E-state index in [0.29, 0.717) is 67.9 Å². The second-order valence-electron chi connectivity index (χ2n) is 9.52. The molecule has 0 aliphatic carbocycles. The van der Waals surface area contributed by atoms with Gasteiger partial charge in [0.05, 0.1) is 29.1 Å². The third-order valence-electron chi connectivity index (χ3n) is 6.57. The zero-order valence-electron chi connectivity index (χ0n) is 21.7. The van der Waals surface area contributed by atoms with Crippen LogP contribution in [0.3, 0.4) is 0 Å². The van der Waals surface area contributed by atoms with Gasteiger partial charge in [-0.3, -0.25) is 4.79 Å². The van der Waals surface area contributed by atoms with Crippen LogP contribution in [0.5, 0.6) is 5.75 Å². The predicted molar refractivity (Wildman–Crippen MR) is 150 cm³/mol. The van der Waals surface area contributed by atoms with E-state index in [2.05, 4.69) is 15.5 Å². The van der Waals surface area contributed by atoms with Crippen molar-refractivity contribution < 1.29 is 18.8 Å². The minimum Gasteiger partial charge on any atom is -0.493 e. The Balaban J connectivity index is 1.30. The number of benzene rings is 2. The van der Waals surface area contributed by atoms with Crippen molar-refractivity contribution >= 4 is 35.0 Å². The first-order valence-electron chi connectivity index (χ1n) is 13.2. The Morgan fingerprint density at radius 3 is 2.51 bits per heavy atom. The van der Waals surface area contributed by atoms with Gasteiger partial charge in [0.1, 0.15) is 5.75 Å². The van der Waals surface area contributed by atoms with Crippen LogP contribution in [-0.4, -0.2) is 59.1 Å². The van der Waals surface area contributed by atoms with Crippen molar-refractivity contribution in [3.8, 4) is 5.75 Å². The summed E-state index contributed by atoms with van der Waals surface area (Å²) >= 11 is 12.0. The number of carbonyl (C=O) groups is 2. The number of aromatic nitrogens is 2. The fraction of sp³-hybridized carbons (Fsp3) is 0.429. The van der Waals surface area contributed by atoms with Crippen LogP contribution in [0.2, 0.25) is 10.0 Å². The number of carbonyl (C=O) groups excluding carboxylic acids is 2. The molecule has 0 radical (unpaired) electrons. The van der Waals surface area contributed by atoms with E-state index in [1.807, 2.05) is 36.4 Å². The highest BCUT2D eigenvalue weighted by atomic mass is 35.5. The molecule has 1 atom stereocenters. The lowest BCUT2D eigenvalue weighted by molar-refractivity contribution is 0.0921. The topological polar surface area (TPSA) is 124 Å². The molecule has 4 rings (SSSR count). The number of ketones is 1. The second kappa shape index (κ2) is 14.3. The monoisotopic (exact) mass is 573 g/mol. The number of amides is 2. The van der Waals surface area contributed by atoms with Gasteiger partial charge in [-0.2, -0.15) is 4.98 Å². The molecule has 1 fully saturated rings. The van der Waals surface area contributed by atoms with E-state index < -0.39 is 6.04 Å².